The number of nitrogens with zero attached hydrogens (tertiary/aromatic N) is 1. The number of rotatable bonds is 4. The molecule has 1 heterocycles. The normalized spacial score (nSPS) is 19.2. The Labute approximate surface area is 155 Å². The first-order chi connectivity index (χ1) is 11.9. The van der Waals surface area contributed by atoms with Crippen molar-refractivity contribution in [3.63, 3.8) is 0 Å². The van der Waals surface area contributed by atoms with Crippen molar-refractivity contribution in [2.45, 2.75) is 13.5 Å². The molecule has 1 atom stereocenters. The van der Waals surface area contributed by atoms with E-state index in [9.17, 15) is 9.59 Å². The number of esters is 1. The number of ether oxygens (including phenoxy) is 1. The fourth-order valence-electron chi connectivity index (χ4n) is 3.13. The fourth-order valence-corrected chi connectivity index (χ4v) is 3.47. The van der Waals surface area contributed by atoms with Crippen molar-refractivity contribution >= 4 is 33.4 Å². The highest BCUT2D eigenvalue weighted by Gasteiger charge is 2.39. The first kappa shape index (κ1) is 17.6. The third kappa shape index (κ3) is 3.43. The Morgan fingerprint density at radius 2 is 1.88 bits per heavy atom. The lowest BCUT2D eigenvalue weighted by molar-refractivity contribution is -0.138. The highest BCUT2D eigenvalue weighted by atomic mass is 79.9. The molecule has 1 aliphatic heterocycles. The summed E-state index contributed by atoms with van der Waals surface area (Å²) >= 11 is 3.48. The second kappa shape index (κ2) is 6.94. The van der Waals surface area contributed by atoms with Gasteiger partial charge in [0.1, 0.15) is 18.4 Å². The van der Waals surface area contributed by atoms with Gasteiger partial charge in [0.2, 0.25) is 5.78 Å². The minimum atomic E-state index is -0.571. The van der Waals surface area contributed by atoms with Crippen LogP contribution in [0.2, 0.25) is 0 Å². The molecule has 3 rings (SSSR count). The quantitative estimate of drug-likeness (QED) is 0.438. The topological polar surface area (TPSA) is 43.4 Å². The van der Waals surface area contributed by atoms with Crippen LogP contribution in [0.25, 0.3) is 0 Å². The molecule has 0 aromatic heterocycles. The number of hydrogen-bond donors (Lipinski definition) is 0. The van der Waals surface area contributed by atoms with Crippen molar-refractivity contribution in [2.75, 3.05) is 13.7 Å². The lowest BCUT2D eigenvalue weighted by Gasteiger charge is -2.35. The second-order valence-electron chi connectivity index (χ2n) is 6.17. The van der Waals surface area contributed by atoms with E-state index < -0.39 is 5.97 Å². The molecule has 5 heteroatoms. The van der Waals surface area contributed by atoms with Gasteiger partial charge in [0.25, 0.3) is 0 Å². The molecule has 0 saturated carbocycles. The summed E-state index contributed by atoms with van der Waals surface area (Å²) in [6.07, 6.45) is 1.71. The van der Waals surface area contributed by atoms with E-state index in [1.165, 1.54) is 0 Å². The molecule has 2 aromatic rings. The van der Waals surface area contributed by atoms with Gasteiger partial charge in [-0.1, -0.05) is 46.3 Å². The van der Waals surface area contributed by atoms with Gasteiger partial charge in [-0.3, -0.25) is 9.28 Å². The predicted octanol–water partition coefficient (Wildman–Crippen LogP) is 4.23. The molecule has 0 bridgehead atoms. The summed E-state index contributed by atoms with van der Waals surface area (Å²) in [5, 5.41) is 0. The number of fused-ring (bicyclic) bond motifs is 1. The SMILES string of the molecule is CCOC(=O)C1=C[N+](C)(Cc2ccccc2)c2cc(Br)ccc2C1=O. The Kier molecular flexibility index (Phi) is 4.88. The molecule has 128 valence electrons. The zero-order valence-corrected chi connectivity index (χ0v) is 15.7. The van der Waals surface area contributed by atoms with Crippen molar-refractivity contribution < 1.29 is 14.3 Å². The van der Waals surface area contributed by atoms with Crippen LogP contribution in [0.5, 0.6) is 0 Å². The highest BCUT2D eigenvalue weighted by molar-refractivity contribution is 9.10. The third-order valence-corrected chi connectivity index (χ3v) is 4.76. The maximum absolute atomic E-state index is 12.8. The molecule has 0 saturated heterocycles. The summed E-state index contributed by atoms with van der Waals surface area (Å²) in [6, 6.07) is 15.5. The van der Waals surface area contributed by atoms with Crippen LogP contribution >= 0.6 is 15.9 Å². The number of benzene rings is 2. The molecule has 0 aliphatic carbocycles. The fraction of sp³-hybridized carbons (Fsp3) is 0.200. The molecular weight excluding hydrogens is 382 g/mol. The van der Waals surface area contributed by atoms with Gasteiger partial charge < -0.3 is 4.74 Å². The first-order valence-electron chi connectivity index (χ1n) is 8.08. The van der Waals surface area contributed by atoms with Gasteiger partial charge >= 0.3 is 5.97 Å². The maximum Gasteiger partial charge on any atom is 0.347 e. The third-order valence-electron chi connectivity index (χ3n) is 4.26. The summed E-state index contributed by atoms with van der Waals surface area (Å²) in [5.74, 6) is -0.858. The number of halogens is 1. The van der Waals surface area contributed by atoms with Crippen LogP contribution in [0.4, 0.5) is 5.69 Å². The number of ketones is 1. The number of carbonyl (C=O) groups is 2. The van der Waals surface area contributed by atoms with Crippen LogP contribution in [-0.2, 0) is 16.1 Å². The van der Waals surface area contributed by atoms with E-state index in [0.29, 0.717) is 16.6 Å². The molecular formula is C20H19BrNO3+. The molecule has 0 radical (unpaired) electrons. The lowest BCUT2D eigenvalue weighted by Crippen LogP contribution is -2.44. The van der Waals surface area contributed by atoms with Crippen LogP contribution in [0.15, 0.2) is 64.8 Å². The Morgan fingerprint density at radius 3 is 2.56 bits per heavy atom. The van der Waals surface area contributed by atoms with E-state index in [2.05, 4.69) is 15.9 Å². The van der Waals surface area contributed by atoms with Crippen molar-refractivity contribution in [2.24, 2.45) is 0 Å². The highest BCUT2D eigenvalue weighted by Crippen LogP contribution is 2.37. The Morgan fingerprint density at radius 1 is 1.16 bits per heavy atom. The number of Topliss-reactive ketones (excluding diaryl/α,β-unsaturated/α-hetero) is 1. The number of carbonyl (C=O) groups excluding carboxylic acids is 2. The van der Waals surface area contributed by atoms with E-state index >= 15 is 0 Å². The van der Waals surface area contributed by atoms with E-state index in [1.54, 1.807) is 19.2 Å². The predicted molar refractivity (Wildman–Crippen MR) is 101 cm³/mol. The standard InChI is InChI=1S/C20H19BrNO3/c1-3-25-20(24)17-13-22(2,12-14-7-5-4-6-8-14)18-11-15(21)9-10-16(18)19(17)23/h4-11,13H,3,12H2,1-2H3/q+1. The van der Waals surface area contributed by atoms with Crippen LogP contribution < -0.4 is 4.48 Å². The van der Waals surface area contributed by atoms with Gasteiger partial charge in [0.15, 0.2) is 5.57 Å². The second-order valence-corrected chi connectivity index (χ2v) is 7.08. The van der Waals surface area contributed by atoms with Crippen LogP contribution in [0.3, 0.4) is 0 Å². The Bertz CT molecular complexity index is 860. The van der Waals surface area contributed by atoms with Crippen LogP contribution in [0.1, 0.15) is 22.8 Å². The van der Waals surface area contributed by atoms with Gasteiger partial charge in [0.05, 0.1) is 19.2 Å². The lowest BCUT2D eigenvalue weighted by atomic mass is 9.95. The largest absolute Gasteiger partial charge is 0.462 e. The molecule has 4 nitrogen and oxygen atoms in total. The minimum absolute atomic E-state index is 0.0927. The molecule has 0 fully saturated rings. The van der Waals surface area contributed by atoms with Crippen molar-refractivity contribution in [1.29, 1.82) is 0 Å². The molecule has 25 heavy (non-hydrogen) atoms. The van der Waals surface area contributed by atoms with Crippen LogP contribution in [-0.4, -0.2) is 25.4 Å². The molecule has 0 spiro atoms. The van der Waals surface area contributed by atoms with E-state index in [-0.39, 0.29) is 18.0 Å². The summed E-state index contributed by atoms with van der Waals surface area (Å²) in [6.45, 7) is 2.59. The summed E-state index contributed by atoms with van der Waals surface area (Å²) in [7, 11) is 1.99. The average molecular weight is 401 g/mol. The zero-order chi connectivity index (χ0) is 18.0. The van der Waals surface area contributed by atoms with Gasteiger partial charge in [-0.25, -0.2) is 4.79 Å². The summed E-state index contributed by atoms with van der Waals surface area (Å²) < 4.78 is 6.30. The molecule has 1 unspecified atom stereocenters. The Hall–Kier alpha value is -2.24. The van der Waals surface area contributed by atoms with Crippen molar-refractivity contribution in [3.05, 3.63) is 75.9 Å². The van der Waals surface area contributed by atoms with Crippen molar-refractivity contribution in [1.82, 2.24) is 4.48 Å². The van der Waals surface area contributed by atoms with Gasteiger partial charge in [-0.05, 0) is 19.1 Å². The molecule has 1 aliphatic rings. The van der Waals surface area contributed by atoms with Crippen molar-refractivity contribution in [3.8, 4) is 0 Å². The number of hydrogen-bond acceptors (Lipinski definition) is 3. The van der Waals surface area contributed by atoms with E-state index in [1.807, 2.05) is 49.5 Å². The monoisotopic (exact) mass is 400 g/mol. The first-order valence-corrected chi connectivity index (χ1v) is 8.88. The number of quaternary nitrogens is 1. The van der Waals surface area contributed by atoms with E-state index in [0.717, 1.165) is 15.7 Å². The van der Waals surface area contributed by atoms with Gasteiger partial charge in [-0.15, -0.1) is 0 Å². The maximum atomic E-state index is 12.8. The van der Waals surface area contributed by atoms with Crippen LogP contribution in [0, 0.1) is 0 Å². The zero-order valence-electron chi connectivity index (χ0n) is 14.2. The molecule has 0 amide bonds. The molecule has 0 N–H and O–H groups in total. The average Bonchev–Trinajstić information content (AvgIpc) is 2.59. The van der Waals surface area contributed by atoms with Gasteiger partial charge in [0, 0.05) is 16.1 Å². The minimum Gasteiger partial charge on any atom is -0.462 e. The smallest absolute Gasteiger partial charge is 0.347 e. The Balaban J connectivity index is 2.13. The van der Waals surface area contributed by atoms with E-state index in [4.69, 9.17) is 4.74 Å². The summed E-state index contributed by atoms with van der Waals surface area (Å²) in [4.78, 5) is 25.1. The summed E-state index contributed by atoms with van der Waals surface area (Å²) in [5.41, 5.74) is 2.60. The van der Waals surface area contributed by atoms with Gasteiger partial charge in [-0.2, -0.15) is 0 Å². The molecule has 2 aromatic carbocycles.